The molecule has 0 bridgehead atoms. The van der Waals surface area contributed by atoms with Crippen LogP contribution in [0.1, 0.15) is 41.5 Å². The zero-order valence-electron chi connectivity index (χ0n) is 16.3. The molecule has 30 heavy (non-hydrogen) atoms. The topological polar surface area (TPSA) is 77.6 Å². The minimum atomic E-state index is -0.694. The van der Waals surface area contributed by atoms with E-state index >= 15 is 0 Å². The number of nitrogens with one attached hydrogen (secondary N) is 2. The Morgan fingerprint density at radius 3 is 2.60 bits per heavy atom. The summed E-state index contributed by atoms with van der Waals surface area (Å²) in [5.74, 6) is 0.389. The number of fused-ring (bicyclic) bond motifs is 1. The fraction of sp³-hybridized carbons (Fsp3) is 0.208. The lowest BCUT2D eigenvalue weighted by atomic mass is 10.0. The summed E-state index contributed by atoms with van der Waals surface area (Å²) in [6.07, 6.45) is 7.28. The second kappa shape index (κ2) is 6.42. The number of amides is 3. The van der Waals surface area contributed by atoms with E-state index in [1.165, 1.54) is 23.3 Å². The van der Waals surface area contributed by atoms with E-state index in [2.05, 4.69) is 27.6 Å². The molecule has 1 saturated heterocycles. The molecule has 2 fully saturated rings. The first-order valence-electron chi connectivity index (χ1n) is 10.3. The molecule has 6 rings (SSSR count). The molecule has 2 aromatic carbocycles. The first-order valence-corrected chi connectivity index (χ1v) is 10.3. The van der Waals surface area contributed by atoms with Gasteiger partial charge in [-0.3, -0.25) is 20.0 Å². The summed E-state index contributed by atoms with van der Waals surface area (Å²) in [5, 5.41) is 2.45. The third kappa shape index (κ3) is 2.76. The summed E-state index contributed by atoms with van der Waals surface area (Å²) in [6, 6.07) is 14.7. The molecule has 3 heterocycles. The Morgan fingerprint density at radius 2 is 1.80 bits per heavy atom. The third-order valence-electron chi connectivity index (χ3n) is 6.14. The maximum absolute atomic E-state index is 12.6. The SMILES string of the molecule is O=C1NC(=O)N(c2ccc3c(c2)N=CC3)C1c1ccc(-c2cc(C3CC3)c[nH]2)cc1. The van der Waals surface area contributed by atoms with Gasteiger partial charge in [-0.15, -0.1) is 0 Å². The van der Waals surface area contributed by atoms with Crippen molar-refractivity contribution in [3.05, 3.63) is 71.4 Å². The Balaban J connectivity index is 1.32. The molecule has 6 heteroatoms. The minimum Gasteiger partial charge on any atom is -0.361 e. The van der Waals surface area contributed by atoms with Crippen LogP contribution in [0.5, 0.6) is 0 Å². The molecule has 1 unspecified atom stereocenters. The van der Waals surface area contributed by atoms with Gasteiger partial charge in [-0.05, 0) is 59.2 Å². The average molecular weight is 396 g/mol. The average Bonchev–Trinajstić information content (AvgIpc) is 3.18. The van der Waals surface area contributed by atoms with Gasteiger partial charge in [0.25, 0.3) is 5.91 Å². The van der Waals surface area contributed by atoms with Gasteiger partial charge in [0.15, 0.2) is 0 Å². The number of benzene rings is 2. The van der Waals surface area contributed by atoms with Crippen LogP contribution in [0.4, 0.5) is 16.2 Å². The molecule has 3 aromatic rings. The van der Waals surface area contributed by atoms with Gasteiger partial charge < -0.3 is 4.98 Å². The number of carbonyl (C=O) groups is 2. The van der Waals surface area contributed by atoms with Gasteiger partial charge >= 0.3 is 6.03 Å². The van der Waals surface area contributed by atoms with Crippen LogP contribution in [0.3, 0.4) is 0 Å². The zero-order valence-corrected chi connectivity index (χ0v) is 16.3. The van der Waals surface area contributed by atoms with Crippen LogP contribution in [0, 0.1) is 0 Å². The van der Waals surface area contributed by atoms with E-state index in [0.717, 1.165) is 34.5 Å². The fourth-order valence-corrected chi connectivity index (χ4v) is 4.35. The van der Waals surface area contributed by atoms with Crippen molar-refractivity contribution >= 4 is 29.5 Å². The van der Waals surface area contributed by atoms with E-state index in [1.807, 2.05) is 48.7 Å². The van der Waals surface area contributed by atoms with E-state index in [-0.39, 0.29) is 5.91 Å². The summed E-state index contributed by atoms with van der Waals surface area (Å²) < 4.78 is 0. The Kier molecular flexibility index (Phi) is 3.68. The number of hydrogen-bond acceptors (Lipinski definition) is 3. The second-order valence-electron chi connectivity index (χ2n) is 8.14. The van der Waals surface area contributed by atoms with E-state index in [0.29, 0.717) is 11.6 Å². The number of aromatic nitrogens is 1. The summed E-state index contributed by atoms with van der Waals surface area (Å²) >= 11 is 0. The van der Waals surface area contributed by atoms with E-state index in [4.69, 9.17) is 0 Å². The van der Waals surface area contributed by atoms with Crippen molar-refractivity contribution in [2.45, 2.75) is 31.2 Å². The number of H-pyrrole nitrogens is 1. The van der Waals surface area contributed by atoms with Crippen molar-refractivity contribution in [3.63, 3.8) is 0 Å². The molecule has 148 valence electrons. The predicted octanol–water partition coefficient (Wildman–Crippen LogP) is 4.62. The van der Waals surface area contributed by atoms with E-state index < -0.39 is 12.1 Å². The number of rotatable bonds is 4. The number of imide groups is 1. The first kappa shape index (κ1) is 17.2. The Bertz CT molecular complexity index is 1200. The van der Waals surface area contributed by atoms with Gasteiger partial charge in [0.05, 0.1) is 5.69 Å². The van der Waals surface area contributed by atoms with Crippen molar-refractivity contribution in [1.82, 2.24) is 10.3 Å². The first-order chi connectivity index (χ1) is 14.7. The minimum absolute atomic E-state index is 0.312. The molecular formula is C24H20N4O2. The summed E-state index contributed by atoms with van der Waals surface area (Å²) in [4.78, 5) is 34.4. The summed E-state index contributed by atoms with van der Waals surface area (Å²) in [5.41, 5.74) is 6.93. The molecular weight excluding hydrogens is 376 g/mol. The van der Waals surface area contributed by atoms with Gasteiger partial charge in [0.2, 0.25) is 0 Å². The van der Waals surface area contributed by atoms with Crippen LogP contribution in [0.2, 0.25) is 0 Å². The van der Waals surface area contributed by atoms with Crippen LogP contribution < -0.4 is 10.2 Å². The number of carbonyl (C=O) groups excluding carboxylic acids is 2. The van der Waals surface area contributed by atoms with E-state index in [9.17, 15) is 9.59 Å². The monoisotopic (exact) mass is 396 g/mol. The van der Waals surface area contributed by atoms with Gasteiger partial charge in [0.1, 0.15) is 6.04 Å². The highest BCUT2D eigenvalue weighted by Gasteiger charge is 2.40. The second-order valence-corrected chi connectivity index (χ2v) is 8.14. The molecule has 6 nitrogen and oxygen atoms in total. The van der Waals surface area contributed by atoms with Crippen molar-refractivity contribution in [2.75, 3.05) is 4.90 Å². The standard InChI is InChI=1S/C24H20N4O2/c29-23-22(28(24(30)27-23)19-8-7-16-9-10-25-21(16)12-19)17-5-3-15(4-6-17)20-11-18(13-26-20)14-1-2-14/h3-8,10-14,22,26H,1-2,9H2,(H,27,29,30). The summed E-state index contributed by atoms with van der Waals surface area (Å²) in [7, 11) is 0. The van der Waals surface area contributed by atoms with Crippen LogP contribution in [0.15, 0.2) is 59.7 Å². The van der Waals surface area contributed by atoms with Gasteiger partial charge in [0, 0.05) is 30.2 Å². The molecule has 2 N–H and O–H groups in total. The normalized spacial score (nSPS) is 20.0. The van der Waals surface area contributed by atoms with Crippen molar-refractivity contribution in [3.8, 4) is 11.3 Å². The summed E-state index contributed by atoms with van der Waals surface area (Å²) in [6.45, 7) is 0. The Hall–Kier alpha value is -3.67. The molecule has 1 saturated carbocycles. The van der Waals surface area contributed by atoms with Crippen LogP contribution in [0.25, 0.3) is 11.3 Å². The van der Waals surface area contributed by atoms with Crippen molar-refractivity contribution < 1.29 is 9.59 Å². The van der Waals surface area contributed by atoms with Gasteiger partial charge in [-0.1, -0.05) is 30.3 Å². The van der Waals surface area contributed by atoms with Crippen LogP contribution in [-0.2, 0) is 11.2 Å². The highest BCUT2D eigenvalue weighted by molar-refractivity contribution is 6.14. The van der Waals surface area contributed by atoms with Crippen LogP contribution >= 0.6 is 0 Å². The Morgan fingerprint density at radius 1 is 0.967 bits per heavy atom. The maximum Gasteiger partial charge on any atom is 0.329 e. The lowest BCUT2D eigenvalue weighted by Gasteiger charge is -2.22. The molecule has 1 atom stereocenters. The molecule has 1 aromatic heterocycles. The highest BCUT2D eigenvalue weighted by atomic mass is 16.2. The molecule has 0 radical (unpaired) electrons. The zero-order chi connectivity index (χ0) is 20.2. The number of urea groups is 1. The maximum atomic E-state index is 12.6. The molecule has 1 aliphatic carbocycles. The smallest absolute Gasteiger partial charge is 0.329 e. The lowest BCUT2D eigenvalue weighted by Crippen LogP contribution is -2.29. The third-order valence-corrected chi connectivity index (χ3v) is 6.14. The van der Waals surface area contributed by atoms with E-state index in [1.54, 1.807) is 0 Å². The number of aromatic amines is 1. The lowest BCUT2D eigenvalue weighted by molar-refractivity contribution is -0.119. The van der Waals surface area contributed by atoms with Crippen molar-refractivity contribution in [1.29, 1.82) is 0 Å². The Labute approximate surface area is 173 Å². The number of nitrogens with zero attached hydrogens (tertiary/aromatic N) is 2. The molecule has 3 amide bonds. The van der Waals surface area contributed by atoms with Crippen LogP contribution in [-0.4, -0.2) is 23.1 Å². The van der Waals surface area contributed by atoms with Gasteiger partial charge in [-0.25, -0.2) is 4.79 Å². The molecule has 3 aliphatic rings. The number of anilines is 1. The fourth-order valence-electron chi connectivity index (χ4n) is 4.35. The number of hydrogen-bond donors (Lipinski definition) is 2. The molecule has 2 aliphatic heterocycles. The molecule has 0 spiro atoms. The van der Waals surface area contributed by atoms with Gasteiger partial charge in [-0.2, -0.15) is 0 Å². The highest BCUT2D eigenvalue weighted by Crippen LogP contribution is 2.41. The largest absolute Gasteiger partial charge is 0.361 e. The predicted molar refractivity (Wildman–Crippen MR) is 115 cm³/mol. The quantitative estimate of drug-likeness (QED) is 0.632. The number of aliphatic imine (C=N–C) groups is 1. The van der Waals surface area contributed by atoms with Crippen molar-refractivity contribution in [2.24, 2.45) is 4.99 Å².